The lowest BCUT2D eigenvalue weighted by Gasteiger charge is -2.30. The largest absolute Gasteiger partial charge is 0.371 e. The number of carbonyl (C=O) groups is 1. The van der Waals surface area contributed by atoms with E-state index in [9.17, 15) is 4.79 Å². The summed E-state index contributed by atoms with van der Waals surface area (Å²) in [6, 6.07) is 26.5. The average molecular weight is 612 g/mol. The first kappa shape index (κ1) is 31.6. The van der Waals surface area contributed by atoms with Crippen molar-refractivity contribution in [1.29, 1.82) is 0 Å². The van der Waals surface area contributed by atoms with E-state index in [1.54, 1.807) is 0 Å². The summed E-state index contributed by atoms with van der Waals surface area (Å²) in [5.41, 5.74) is 6.82. The summed E-state index contributed by atoms with van der Waals surface area (Å²) in [6.45, 7) is 16.8. The Kier molecular flexibility index (Phi) is 9.23. The molecule has 3 aliphatic heterocycles. The first-order chi connectivity index (χ1) is 21.6. The van der Waals surface area contributed by atoms with Gasteiger partial charge in [-0.05, 0) is 52.9 Å². The van der Waals surface area contributed by atoms with Crippen LogP contribution in [0.4, 0.5) is 16.2 Å². The van der Waals surface area contributed by atoms with Crippen LogP contribution in [-0.4, -0.2) is 70.3 Å². The van der Waals surface area contributed by atoms with Gasteiger partial charge in [0.15, 0.2) is 0 Å². The second-order valence-electron chi connectivity index (χ2n) is 13.9. The number of anilines is 2. The summed E-state index contributed by atoms with van der Waals surface area (Å²) in [5.74, 6) is 0. The second-order valence-corrected chi connectivity index (χ2v) is 13.9. The van der Waals surface area contributed by atoms with E-state index in [4.69, 9.17) is 14.2 Å². The van der Waals surface area contributed by atoms with Crippen LogP contribution in [0, 0.1) is 0 Å². The molecule has 3 heterocycles. The van der Waals surface area contributed by atoms with E-state index >= 15 is 0 Å². The Morgan fingerprint density at radius 2 is 1.04 bits per heavy atom. The van der Waals surface area contributed by atoms with Gasteiger partial charge < -0.3 is 24.4 Å². The molecule has 7 nitrogen and oxygen atoms in total. The van der Waals surface area contributed by atoms with Crippen molar-refractivity contribution < 1.29 is 19.0 Å². The molecule has 0 aliphatic carbocycles. The van der Waals surface area contributed by atoms with E-state index in [2.05, 4.69) is 118 Å². The third-order valence-electron chi connectivity index (χ3n) is 9.68. The summed E-state index contributed by atoms with van der Waals surface area (Å²) >= 11 is 0. The van der Waals surface area contributed by atoms with Crippen LogP contribution in [0.2, 0.25) is 0 Å². The number of epoxide rings is 3. The summed E-state index contributed by atoms with van der Waals surface area (Å²) in [6.07, 6.45) is 2.84. The molecule has 3 aromatic carbocycles. The van der Waals surface area contributed by atoms with Crippen molar-refractivity contribution in [2.75, 3.05) is 55.8 Å². The van der Waals surface area contributed by atoms with Crippen LogP contribution >= 0.6 is 0 Å². The quantitative estimate of drug-likeness (QED) is 0.154. The molecule has 6 rings (SSSR count). The third-order valence-corrected chi connectivity index (χ3v) is 9.68. The maximum atomic E-state index is 13.0. The fourth-order valence-electron chi connectivity index (χ4n) is 6.06. The molecule has 0 radical (unpaired) electrons. The molecule has 2 amide bonds. The maximum Gasteiger partial charge on any atom is 0.321 e. The van der Waals surface area contributed by atoms with Crippen molar-refractivity contribution in [1.82, 2.24) is 5.32 Å². The normalized spacial score (nSPS) is 20.4. The van der Waals surface area contributed by atoms with E-state index in [1.165, 1.54) is 27.9 Å². The van der Waals surface area contributed by atoms with Gasteiger partial charge in [0.05, 0.1) is 44.7 Å². The number of ether oxygens (including phenoxy) is 3. The predicted octanol–water partition coefficient (Wildman–Crippen LogP) is 6.66. The Hall–Kier alpha value is -3.39. The Balaban J connectivity index is 1.14. The van der Waals surface area contributed by atoms with Crippen LogP contribution in [-0.2, 0) is 25.0 Å². The first-order valence-corrected chi connectivity index (χ1v) is 16.6. The number of hydrogen-bond acceptors (Lipinski definition) is 5. The standard InChI is InChI=1S/C38H49N3O4/c1-6-7-20-39-36(42)41(23-35-26-45-35)32-18-14-30(15-19-32)38(4,5)28-10-8-27(9-11-28)37(2,3)29-12-16-31(17-13-29)40(21-33-24-43-33)22-34-25-44-34/h8-19,33-35H,6-7,20-26H2,1-5H3,(H,39,42). The van der Waals surface area contributed by atoms with E-state index in [0.717, 1.165) is 44.8 Å². The van der Waals surface area contributed by atoms with Crippen LogP contribution in [0.15, 0.2) is 72.8 Å². The number of carbonyl (C=O) groups excluding carboxylic acids is 1. The molecule has 3 aromatic rings. The Bertz CT molecular complexity index is 1410. The molecule has 3 atom stereocenters. The minimum Gasteiger partial charge on any atom is -0.371 e. The lowest BCUT2D eigenvalue weighted by atomic mass is 9.74. The number of unbranched alkanes of at least 4 members (excludes halogenated alkanes) is 1. The SMILES string of the molecule is CCCCNC(=O)N(CC1CO1)c1ccc(C(C)(C)c2ccc(C(C)(C)c3ccc(N(CC4CO4)CC4CO4)cc3)cc2)cc1. The van der Waals surface area contributed by atoms with E-state index in [-0.39, 0.29) is 23.0 Å². The minimum atomic E-state index is -0.198. The molecule has 7 heteroatoms. The molecule has 0 bridgehead atoms. The highest BCUT2D eigenvalue weighted by molar-refractivity contribution is 5.92. The predicted molar refractivity (Wildman–Crippen MR) is 181 cm³/mol. The smallest absolute Gasteiger partial charge is 0.321 e. The summed E-state index contributed by atoms with van der Waals surface area (Å²) in [4.78, 5) is 17.2. The maximum absolute atomic E-state index is 13.0. The fraction of sp³-hybridized carbons (Fsp3) is 0.500. The topological polar surface area (TPSA) is 73.2 Å². The highest BCUT2D eigenvalue weighted by Crippen LogP contribution is 2.37. The molecule has 0 saturated carbocycles. The van der Waals surface area contributed by atoms with E-state index in [0.29, 0.717) is 31.9 Å². The average Bonchev–Trinajstić information content (AvgIpc) is 3.90. The molecule has 3 saturated heterocycles. The molecule has 1 N–H and O–H groups in total. The number of nitrogens with zero attached hydrogens (tertiary/aromatic N) is 2. The number of nitrogens with one attached hydrogen (secondary N) is 1. The van der Waals surface area contributed by atoms with Gasteiger partial charge >= 0.3 is 6.03 Å². The number of rotatable bonds is 15. The van der Waals surface area contributed by atoms with Gasteiger partial charge in [-0.15, -0.1) is 0 Å². The van der Waals surface area contributed by atoms with Gasteiger partial charge in [-0.3, -0.25) is 4.90 Å². The van der Waals surface area contributed by atoms with Crippen LogP contribution < -0.4 is 15.1 Å². The van der Waals surface area contributed by atoms with Crippen molar-refractivity contribution in [2.24, 2.45) is 0 Å². The highest BCUT2D eigenvalue weighted by Gasteiger charge is 2.32. The van der Waals surface area contributed by atoms with Crippen molar-refractivity contribution in [3.63, 3.8) is 0 Å². The number of benzene rings is 3. The molecule has 3 fully saturated rings. The molecule has 3 aliphatic rings. The van der Waals surface area contributed by atoms with E-state index < -0.39 is 0 Å². The Morgan fingerprint density at radius 3 is 1.44 bits per heavy atom. The lowest BCUT2D eigenvalue weighted by Crippen LogP contribution is -2.42. The van der Waals surface area contributed by atoms with Gasteiger partial charge in [-0.1, -0.05) is 89.6 Å². The van der Waals surface area contributed by atoms with Gasteiger partial charge in [0.2, 0.25) is 0 Å². The molecule has 3 unspecified atom stereocenters. The van der Waals surface area contributed by atoms with Gasteiger partial charge in [0.25, 0.3) is 0 Å². The highest BCUT2D eigenvalue weighted by atomic mass is 16.6. The minimum absolute atomic E-state index is 0.0585. The molecule has 0 aromatic heterocycles. The van der Waals surface area contributed by atoms with Crippen LogP contribution in [0.3, 0.4) is 0 Å². The lowest BCUT2D eigenvalue weighted by molar-refractivity contribution is 0.245. The van der Waals surface area contributed by atoms with Gasteiger partial charge in [0, 0.05) is 41.8 Å². The van der Waals surface area contributed by atoms with Crippen LogP contribution in [0.5, 0.6) is 0 Å². The zero-order valence-electron chi connectivity index (χ0n) is 27.6. The van der Waals surface area contributed by atoms with Crippen molar-refractivity contribution in [2.45, 2.75) is 76.6 Å². The zero-order valence-corrected chi connectivity index (χ0v) is 27.6. The number of urea groups is 1. The molecule has 240 valence electrons. The van der Waals surface area contributed by atoms with Crippen molar-refractivity contribution in [3.05, 3.63) is 95.1 Å². The first-order valence-electron chi connectivity index (χ1n) is 16.6. The Morgan fingerprint density at radius 1 is 0.667 bits per heavy atom. The molecule has 45 heavy (non-hydrogen) atoms. The monoisotopic (exact) mass is 611 g/mol. The van der Waals surface area contributed by atoms with Crippen LogP contribution in [0.25, 0.3) is 0 Å². The fourth-order valence-corrected chi connectivity index (χ4v) is 6.06. The van der Waals surface area contributed by atoms with Crippen LogP contribution in [0.1, 0.15) is 69.7 Å². The number of amides is 2. The molecular weight excluding hydrogens is 562 g/mol. The van der Waals surface area contributed by atoms with E-state index in [1.807, 2.05) is 4.90 Å². The third kappa shape index (κ3) is 7.71. The summed E-state index contributed by atoms with van der Waals surface area (Å²) in [7, 11) is 0. The Labute approximate surface area is 268 Å². The summed E-state index contributed by atoms with van der Waals surface area (Å²) < 4.78 is 16.5. The van der Waals surface area contributed by atoms with Crippen molar-refractivity contribution >= 4 is 17.4 Å². The van der Waals surface area contributed by atoms with Gasteiger partial charge in [-0.25, -0.2) is 4.79 Å². The van der Waals surface area contributed by atoms with Crippen molar-refractivity contribution in [3.8, 4) is 0 Å². The van der Waals surface area contributed by atoms with Gasteiger partial charge in [-0.2, -0.15) is 0 Å². The van der Waals surface area contributed by atoms with Gasteiger partial charge in [0.1, 0.15) is 0 Å². The number of hydrogen-bond donors (Lipinski definition) is 1. The zero-order chi connectivity index (χ0) is 31.6. The summed E-state index contributed by atoms with van der Waals surface area (Å²) in [5, 5.41) is 3.06. The molecule has 0 spiro atoms. The second kappa shape index (κ2) is 13.1. The molecular formula is C38H49N3O4.